The van der Waals surface area contributed by atoms with Crippen molar-refractivity contribution in [2.75, 3.05) is 27.9 Å². The van der Waals surface area contributed by atoms with E-state index in [1.54, 1.807) is 12.1 Å². The lowest BCUT2D eigenvalue weighted by Gasteiger charge is -2.16. The quantitative estimate of drug-likeness (QED) is 0.771. The van der Waals surface area contributed by atoms with Gasteiger partial charge in [0.1, 0.15) is 0 Å². The molecule has 1 N–H and O–H groups in total. The molecule has 5 nitrogen and oxygen atoms in total. The molecule has 1 unspecified atom stereocenters. The molecule has 1 aromatic carbocycles. The lowest BCUT2D eigenvalue weighted by molar-refractivity contribution is 0.0950. The van der Waals surface area contributed by atoms with E-state index in [0.717, 1.165) is 6.42 Å². The summed E-state index contributed by atoms with van der Waals surface area (Å²) in [5.74, 6) is 1.09. The van der Waals surface area contributed by atoms with Crippen molar-refractivity contribution in [2.24, 2.45) is 0 Å². The largest absolute Gasteiger partial charge is 0.493 e. The van der Waals surface area contributed by atoms with E-state index in [-0.39, 0.29) is 10.7 Å². The average Bonchev–Trinajstić information content (AvgIpc) is 2.50. The highest BCUT2D eigenvalue weighted by Crippen LogP contribution is 2.39. The molecule has 0 bridgehead atoms. The fourth-order valence-corrected chi connectivity index (χ4v) is 1.88. The zero-order valence-electron chi connectivity index (χ0n) is 12.2. The lowest BCUT2D eigenvalue weighted by Crippen LogP contribution is -2.29. The molecular weight excluding hydrogens is 326 g/mol. The fourth-order valence-electron chi connectivity index (χ4n) is 1.72. The summed E-state index contributed by atoms with van der Waals surface area (Å²) in [5.41, 5.74) is 0.418. The van der Waals surface area contributed by atoms with E-state index in [4.69, 9.17) is 14.2 Å². The van der Waals surface area contributed by atoms with Crippen LogP contribution < -0.4 is 19.5 Å². The van der Waals surface area contributed by atoms with Crippen LogP contribution in [0.25, 0.3) is 0 Å². The molecule has 0 aromatic heterocycles. The second-order valence-electron chi connectivity index (χ2n) is 4.10. The molecule has 0 fully saturated rings. The summed E-state index contributed by atoms with van der Waals surface area (Å²) in [5, 5.41) is 2.85. The van der Waals surface area contributed by atoms with Gasteiger partial charge in [0, 0.05) is 11.4 Å². The number of alkyl halides is 1. The van der Waals surface area contributed by atoms with Gasteiger partial charge >= 0.3 is 0 Å². The maximum absolute atomic E-state index is 12.2. The molecule has 1 atom stereocenters. The minimum Gasteiger partial charge on any atom is -0.493 e. The molecule has 1 amide bonds. The number of rotatable bonds is 7. The summed E-state index contributed by atoms with van der Waals surface area (Å²) in [4.78, 5) is 12.5. The molecule has 1 rings (SSSR count). The predicted molar refractivity (Wildman–Crippen MR) is 81.4 cm³/mol. The van der Waals surface area contributed by atoms with Gasteiger partial charge in [-0.3, -0.25) is 4.79 Å². The van der Waals surface area contributed by atoms with Crippen LogP contribution in [0.2, 0.25) is 0 Å². The van der Waals surface area contributed by atoms with Gasteiger partial charge in [-0.25, -0.2) is 0 Å². The molecule has 0 aliphatic carbocycles. The zero-order valence-corrected chi connectivity index (χ0v) is 13.7. The van der Waals surface area contributed by atoms with Gasteiger partial charge in [0.15, 0.2) is 11.5 Å². The Kier molecular flexibility index (Phi) is 6.64. The number of amides is 1. The number of carbonyl (C=O) groups excluding carboxylic acids is 1. The molecule has 0 saturated heterocycles. The van der Waals surface area contributed by atoms with E-state index < -0.39 is 0 Å². The molecule has 0 saturated carbocycles. The zero-order chi connectivity index (χ0) is 15.1. The normalized spacial score (nSPS) is 11.7. The van der Waals surface area contributed by atoms with Gasteiger partial charge in [-0.2, -0.15) is 0 Å². The van der Waals surface area contributed by atoms with Gasteiger partial charge in [0.05, 0.1) is 26.9 Å². The maximum atomic E-state index is 12.2. The lowest BCUT2D eigenvalue weighted by atomic mass is 10.1. The number of hydrogen-bond donors (Lipinski definition) is 1. The summed E-state index contributed by atoms with van der Waals surface area (Å²) >= 11 is 3.47. The molecule has 0 radical (unpaired) electrons. The number of halogens is 1. The number of nitrogens with one attached hydrogen (secondary N) is 1. The maximum Gasteiger partial charge on any atom is 0.255 e. The van der Waals surface area contributed by atoms with Gasteiger partial charge < -0.3 is 19.5 Å². The van der Waals surface area contributed by atoms with E-state index in [1.165, 1.54) is 21.3 Å². The minimum atomic E-state index is -0.208. The first-order valence-electron chi connectivity index (χ1n) is 6.30. The van der Waals surface area contributed by atoms with E-state index in [1.807, 2.05) is 6.92 Å². The third-order valence-corrected chi connectivity index (χ3v) is 3.85. The SMILES string of the molecule is CCC(Br)CNC(=O)c1ccc(OC)c(OC)c1OC. The molecule has 20 heavy (non-hydrogen) atoms. The molecule has 6 heteroatoms. The molecule has 0 aliphatic heterocycles. The summed E-state index contributed by atoms with van der Waals surface area (Å²) in [6, 6.07) is 3.34. The van der Waals surface area contributed by atoms with Crippen LogP contribution in [-0.4, -0.2) is 38.6 Å². The van der Waals surface area contributed by atoms with Crippen LogP contribution in [-0.2, 0) is 0 Å². The first-order valence-corrected chi connectivity index (χ1v) is 7.21. The van der Waals surface area contributed by atoms with Crippen molar-refractivity contribution in [2.45, 2.75) is 18.2 Å². The second kappa shape index (κ2) is 7.99. The third kappa shape index (κ3) is 3.79. The van der Waals surface area contributed by atoms with Crippen LogP contribution in [0.15, 0.2) is 12.1 Å². The highest BCUT2D eigenvalue weighted by molar-refractivity contribution is 9.09. The van der Waals surface area contributed by atoms with Crippen molar-refractivity contribution in [3.05, 3.63) is 17.7 Å². The van der Waals surface area contributed by atoms with Crippen molar-refractivity contribution >= 4 is 21.8 Å². The van der Waals surface area contributed by atoms with Gasteiger partial charge in [-0.05, 0) is 18.6 Å². The molecular formula is C14H20BrNO4. The fraction of sp³-hybridized carbons (Fsp3) is 0.500. The first kappa shape index (κ1) is 16.6. The standard InChI is InChI=1S/C14H20BrNO4/c1-5-9(15)8-16-14(17)10-6-7-11(18-2)13(20-4)12(10)19-3/h6-7,9H,5,8H2,1-4H3,(H,16,17). The highest BCUT2D eigenvalue weighted by Gasteiger charge is 2.20. The Morgan fingerprint density at radius 1 is 1.20 bits per heavy atom. The Morgan fingerprint density at radius 2 is 1.85 bits per heavy atom. The summed E-state index contributed by atoms with van der Waals surface area (Å²) in [7, 11) is 4.54. The molecule has 0 aliphatic rings. The van der Waals surface area contributed by atoms with Crippen LogP contribution in [0.4, 0.5) is 0 Å². The van der Waals surface area contributed by atoms with Crippen molar-refractivity contribution in [3.8, 4) is 17.2 Å². The van der Waals surface area contributed by atoms with E-state index >= 15 is 0 Å². The number of benzene rings is 1. The van der Waals surface area contributed by atoms with Crippen LogP contribution in [0.1, 0.15) is 23.7 Å². The predicted octanol–water partition coefficient (Wildman–Crippen LogP) is 2.62. The second-order valence-corrected chi connectivity index (χ2v) is 5.39. The summed E-state index contributed by atoms with van der Waals surface area (Å²) < 4.78 is 15.7. The Bertz CT molecular complexity index is 465. The Hall–Kier alpha value is -1.43. The van der Waals surface area contributed by atoms with Crippen LogP contribution in [0.5, 0.6) is 17.2 Å². The molecule has 1 aromatic rings. The summed E-state index contributed by atoms with van der Waals surface area (Å²) in [6.45, 7) is 2.59. The Morgan fingerprint density at radius 3 is 2.35 bits per heavy atom. The van der Waals surface area contributed by atoms with Crippen molar-refractivity contribution in [1.82, 2.24) is 5.32 Å². The number of ether oxygens (including phenoxy) is 3. The van der Waals surface area contributed by atoms with Crippen LogP contribution in [0, 0.1) is 0 Å². The van der Waals surface area contributed by atoms with Gasteiger partial charge in [-0.1, -0.05) is 22.9 Å². The molecule has 0 heterocycles. The third-order valence-electron chi connectivity index (χ3n) is 2.88. The van der Waals surface area contributed by atoms with Crippen molar-refractivity contribution in [3.63, 3.8) is 0 Å². The number of methoxy groups -OCH3 is 3. The van der Waals surface area contributed by atoms with Crippen molar-refractivity contribution < 1.29 is 19.0 Å². The number of hydrogen-bond acceptors (Lipinski definition) is 4. The van der Waals surface area contributed by atoms with Crippen molar-refractivity contribution in [1.29, 1.82) is 0 Å². The Balaban J connectivity index is 3.02. The molecule has 0 spiro atoms. The molecule has 112 valence electrons. The van der Waals surface area contributed by atoms with E-state index in [9.17, 15) is 4.79 Å². The first-order chi connectivity index (χ1) is 9.58. The number of carbonyl (C=O) groups is 1. The Labute approximate surface area is 127 Å². The highest BCUT2D eigenvalue weighted by atomic mass is 79.9. The minimum absolute atomic E-state index is 0.208. The smallest absolute Gasteiger partial charge is 0.255 e. The van der Waals surface area contributed by atoms with Gasteiger partial charge in [-0.15, -0.1) is 0 Å². The topological polar surface area (TPSA) is 56.8 Å². The summed E-state index contributed by atoms with van der Waals surface area (Å²) in [6.07, 6.45) is 0.934. The average molecular weight is 346 g/mol. The van der Waals surface area contributed by atoms with Gasteiger partial charge in [0.2, 0.25) is 5.75 Å². The monoisotopic (exact) mass is 345 g/mol. The van der Waals surface area contributed by atoms with E-state index in [2.05, 4.69) is 21.2 Å². The van der Waals surface area contributed by atoms with E-state index in [0.29, 0.717) is 29.4 Å². The van der Waals surface area contributed by atoms with Crippen LogP contribution >= 0.6 is 15.9 Å². The van der Waals surface area contributed by atoms with Gasteiger partial charge in [0.25, 0.3) is 5.91 Å². The van der Waals surface area contributed by atoms with Crippen LogP contribution in [0.3, 0.4) is 0 Å².